The summed E-state index contributed by atoms with van der Waals surface area (Å²) in [7, 11) is 0. The number of carboxylic acid groups (broad SMARTS) is 1. The van der Waals surface area contributed by atoms with Crippen molar-refractivity contribution in [2.24, 2.45) is 0 Å². The summed E-state index contributed by atoms with van der Waals surface area (Å²) in [5, 5.41) is 18.3. The lowest BCUT2D eigenvalue weighted by molar-refractivity contribution is -0.0589. The minimum Gasteiger partial charge on any atom is -0.478 e. The first kappa shape index (κ1) is 27.9. The van der Waals surface area contributed by atoms with Gasteiger partial charge in [0.05, 0.1) is 34.9 Å². The first-order valence-electron chi connectivity index (χ1n) is 13.3. The number of halogens is 3. The molecule has 1 aliphatic heterocycles. The second kappa shape index (κ2) is 11.5. The Kier molecular flexibility index (Phi) is 7.48. The number of hydrogen-bond acceptors (Lipinski definition) is 7. The summed E-state index contributed by atoms with van der Waals surface area (Å²) in [6.45, 7) is 0.784. The van der Waals surface area contributed by atoms with Gasteiger partial charge in [-0.15, -0.1) is 0 Å². The molecule has 0 spiro atoms. The maximum atomic E-state index is 15.4. The fourth-order valence-electron chi connectivity index (χ4n) is 4.79. The third kappa shape index (κ3) is 5.75. The third-order valence-corrected chi connectivity index (χ3v) is 7.16. The van der Waals surface area contributed by atoms with E-state index in [1.807, 2.05) is 0 Å². The van der Waals surface area contributed by atoms with E-state index >= 15 is 8.78 Å². The predicted octanol–water partition coefficient (Wildman–Crippen LogP) is 5.44. The summed E-state index contributed by atoms with van der Waals surface area (Å²) < 4.78 is 57.9. The van der Waals surface area contributed by atoms with Crippen LogP contribution in [-0.2, 0) is 24.3 Å². The quantitative estimate of drug-likeness (QED) is 0.243. The lowest BCUT2D eigenvalue weighted by Crippen LogP contribution is -2.31. The molecule has 1 fully saturated rings. The molecule has 0 aliphatic carbocycles. The summed E-state index contributed by atoms with van der Waals surface area (Å²) in [6.07, 6.45) is 1.88. The van der Waals surface area contributed by atoms with Gasteiger partial charge in [0.25, 0.3) is 0 Å². The summed E-state index contributed by atoms with van der Waals surface area (Å²) in [4.78, 5) is 24.2. The standard InChI is InChI=1S/C31H22F3N5O4/c32-23-11-20(13-35)36-14-19(23)16-43-30-3-1-2-26(38-30)22-12-24(33)18(8-25(22)34)10-29-37-27-5-4-17(31(40)41)9-28(27)39(29)15-21-6-7-42-21/h1-5,8-9,11-12,14,21H,6-7,10,15-16H2,(H,40,41)/t21-/m0/s1. The maximum Gasteiger partial charge on any atom is 0.335 e. The molecular weight excluding hydrogens is 563 g/mol. The Hall–Kier alpha value is -5.28. The van der Waals surface area contributed by atoms with Crippen molar-refractivity contribution >= 4 is 17.0 Å². The van der Waals surface area contributed by atoms with Gasteiger partial charge < -0.3 is 19.1 Å². The van der Waals surface area contributed by atoms with E-state index in [0.29, 0.717) is 30.0 Å². The van der Waals surface area contributed by atoms with Crippen LogP contribution in [0.5, 0.6) is 5.88 Å². The monoisotopic (exact) mass is 585 g/mol. The Morgan fingerprint density at radius 3 is 2.60 bits per heavy atom. The van der Waals surface area contributed by atoms with E-state index in [1.165, 1.54) is 30.5 Å². The SMILES string of the molecule is N#Cc1cc(F)c(COc2cccc(-c3cc(F)c(Cc4nc5ccc(C(=O)O)cc5n4C[C@@H]4CCO4)cc3F)n2)cn1. The first-order valence-corrected chi connectivity index (χ1v) is 13.3. The van der Waals surface area contributed by atoms with Crippen LogP contribution in [0.1, 0.15) is 39.4 Å². The van der Waals surface area contributed by atoms with Gasteiger partial charge in [-0.05, 0) is 48.4 Å². The van der Waals surface area contributed by atoms with Crippen molar-refractivity contribution in [3.63, 3.8) is 0 Å². The Morgan fingerprint density at radius 2 is 1.88 bits per heavy atom. The summed E-state index contributed by atoms with van der Waals surface area (Å²) in [6, 6.07) is 14.0. The molecule has 43 heavy (non-hydrogen) atoms. The number of nitriles is 1. The average Bonchev–Trinajstić information content (AvgIpc) is 3.31. The van der Waals surface area contributed by atoms with Gasteiger partial charge in [0.1, 0.15) is 41.6 Å². The zero-order chi connectivity index (χ0) is 30.1. The van der Waals surface area contributed by atoms with Gasteiger partial charge in [0.15, 0.2) is 0 Å². The van der Waals surface area contributed by atoms with Gasteiger partial charge in [0.2, 0.25) is 5.88 Å². The molecule has 1 atom stereocenters. The Labute approximate surface area is 242 Å². The van der Waals surface area contributed by atoms with Crippen molar-refractivity contribution in [2.45, 2.75) is 32.1 Å². The number of carboxylic acids is 1. The zero-order valence-corrected chi connectivity index (χ0v) is 22.4. The third-order valence-electron chi connectivity index (χ3n) is 7.16. The smallest absolute Gasteiger partial charge is 0.335 e. The number of nitrogens with zero attached hydrogens (tertiary/aromatic N) is 5. The summed E-state index contributed by atoms with van der Waals surface area (Å²) >= 11 is 0. The number of pyridine rings is 2. The lowest BCUT2D eigenvalue weighted by Gasteiger charge is -2.27. The van der Waals surface area contributed by atoms with Crippen LogP contribution in [-0.4, -0.2) is 43.3 Å². The van der Waals surface area contributed by atoms with Crippen LogP contribution in [0.3, 0.4) is 0 Å². The van der Waals surface area contributed by atoms with E-state index in [2.05, 4.69) is 15.0 Å². The molecule has 0 amide bonds. The number of rotatable bonds is 9. The highest BCUT2D eigenvalue weighted by atomic mass is 19.1. The molecule has 5 aromatic rings. The van der Waals surface area contributed by atoms with Crippen LogP contribution in [0, 0.1) is 28.8 Å². The van der Waals surface area contributed by atoms with Crippen molar-refractivity contribution in [2.75, 3.05) is 6.61 Å². The molecule has 6 rings (SSSR count). The van der Waals surface area contributed by atoms with E-state index in [4.69, 9.17) is 14.7 Å². The molecule has 2 aromatic carbocycles. The number of benzene rings is 2. The largest absolute Gasteiger partial charge is 0.478 e. The molecule has 12 heteroatoms. The molecule has 0 saturated carbocycles. The first-order chi connectivity index (χ1) is 20.8. The fourth-order valence-corrected chi connectivity index (χ4v) is 4.79. The van der Waals surface area contributed by atoms with Crippen LogP contribution in [0.4, 0.5) is 13.2 Å². The van der Waals surface area contributed by atoms with Crippen molar-refractivity contribution in [3.05, 3.63) is 106 Å². The lowest BCUT2D eigenvalue weighted by atomic mass is 10.0. The number of aromatic nitrogens is 4. The van der Waals surface area contributed by atoms with E-state index in [-0.39, 0.29) is 58.7 Å². The molecule has 3 aromatic heterocycles. The van der Waals surface area contributed by atoms with Crippen LogP contribution in [0.2, 0.25) is 0 Å². The molecule has 1 N–H and O–H groups in total. The average molecular weight is 586 g/mol. The Morgan fingerprint density at radius 1 is 1.07 bits per heavy atom. The van der Waals surface area contributed by atoms with Crippen molar-refractivity contribution < 1.29 is 32.5 Å². The second-order valence-electron chi connectivity index (χ2n) is 9.95. The summed E-state index contributed by atoms with van der Waals surface area (Å²) in [5.41, 5.74) is 1.29. The zero-order valence-electron chi connectivity index (χ0n) is 22.4. The molecule has 0 unspecified atom stereocenters. The highest BCUT2D eigenvalue weighted by molar-refractivity contribution is 5.92. The predicted molar refractivity (Wildman–Crippen MR) is 147 cm³/mol. The highest BCUT2D eigenvalue weighted by Gasteiger charge is 2.24. The van der Waals surface area contributed by atoms with E-state index in [1.54, 1.807) is 22.8 Å². The number of ether oxygens (including phenoxy) is 2. The van der Waals surface area contributed by atoms with Crippen molar-refractivity contribution in [1.82, 2.24) is 19.5 Å². The molecule has 4 heterocycles. The molecule has 0 bridgehead atoms. The number of aromatic carboxylic acids is 1. The highest BCUT2D eigenvalue weighted by Crippen LogP contribution is 2.29. The Balaban J connectivity index is 1.26. The van der Waals surface area contributed by atoms with Crippen molar-refractivity contribution in [3.8, 4) is 23.2 Å². The molecule has 216 valence electrons. The minimum absolute atomic E-state index is 0.0480. The fraction of sp³-hybridized carbons (Fsp3) is 0.194. The number of hydrogen-bond donors (Lipinski definition) is 1. The van der Waals surface area contributed by atoms with E-state index in [9.17, 15) is 14.3 Å². The van der Waals surface area contributed by atoms with Gasteiger partial charge in [-0.2, -0.15) is 5.26 Å². The van der Waals surface area contributed by atoms with Gasteiger partial charge in [-0.1, -0.05) is 6.07 Å². The van der Waals surface area contributed by atoms with Crippen LogP contribution in [0.25, 0.3) is 22.3 Å². The van der Waals surface area contributed by atoms with Crippen molar-refractivity contribution in [1.29, 1.82) is 5.26 Å². The van der Waals surface area contributed by atoms with Gasteiger partial charge >= 0.3 is 5.97 Å². The normalized spacial score (nSPS) is 14.3. The molecule has 0 radical (unpaired) electrons. The Bertz CT molecular complexity index is 1920. The number of carbonyl (C=O) groups is 1. The van der Waals surface area contributed by atoms with Gasteiger partial charge in [-0.3, -0.25) is 0 Å². The van der Waals surface area contributed by atoms with Crippen LogP contribution < -0.4 is 4.74 Å². The van der Waals surface area contributed by atoms with E-state index in [0.717, 1.165) is 24.6 Å². The van der Waals surface area contributed by atoms with Crippen LogP contribution >= 0.6 is 0 Å². The van der Waals surface area contributed by atoms with Crippen LogP contribution in [0.15, 0.2) is 60.8 Å². The van der Waals surface area contributed by atoms with Gasteiger partial charge in [-0.25, -0.2) is 32.9 Å². The molecule has 9 nitrogen and oxygen atoms in total. The molecule has 1 aliphatic rings. The topological polar surface area (TPSA) is 123 Å². The maximum absolute atomic E-state index is 15.4. The minimum atomic E-state index is -1.08. The van der Waals surface area contributed by atoms with E-state index < -0.39 is 23.4 Å². The molecular formula is C31H22F3N5O4. The summed E-state index contributed by atoms with van der Waals surface area (Å²) in [5.74, 6) is -2.65. The second-order valence-corrected chi connectivity index (χ2v) is 9.95. The number of imidazole rings is 1. The van der Waals surface area contributed by atoms with Gasteiger partial charge in [0, 0.05) is 42.5 Å². The molecule has 1 saturated heterocycles. The number of fused-ring (bicyclic) bond motifs is 1.